The van der Waals surface area contributed by atoms with Crippen LogP contribution in [0.15, 0.2) is 36.2 Å². The van der Waals surface area contributed by atoms with E-state index in [-0.39, 0.29) is 0 Å². The van der Waals surface area contributed by atoms with Gasteiger partial charge in [0.1, 0.15) is 0 Å². The van der Waals surface area contributed by atoms with E-state index in [1.54, 1.807) is 6.20 Å². The van der Waals surface area contributed by atoms with Crippen molar-refractivity contribution in [1.82, 2.24) is 5.32 Å². The Morgan fingerprint density at radius 2 is 1.96 bits per heavy atom. The van der Waals surface area contributed by atoms with Crippen LogP contribution in [0.5, 0.6) is 0 Å². The SMILES string of the molecule is CCCOCCN/C=C(/CCC(CC)c1ccc(N(C)SCCC)cc1)[N+]#N. The summed E-state index contributed by atoms with van der Waals surface area (Å²) in [6, 6.07) is 8.86. The van der Waals surface area contributed by atoms with E-state index in [4.69, 9.17) is 4.74 Å². The zero-order valence-electron chi connectivity index (χ0n) is 18.0. The van der Waals surface area contributed by atoms with E-state index in [1.165, 1.54) is 17.7 Å². The number of hydrogen-bond acceptors (Lipinski definition) is 5. The Morgan fingerprint density at radius 1 is 1.21 bits per heavy atom. The van der Waals surface area contributed by atoms with Crippen LogP contribution < -0.4 is 9.62 Å². The van der Waals surface area contributed by atoms with Crippen LogP contribution in [0.1, 0.15) is 64.4 Å². The van der Waals surface area contributed by atoms with Crippen molar-refractivity contribution in [3.8, 4) is 0 Å². The second-order valence-electron chi connectivity index (χ2n) is 6.87. The molecule has 0 aliphatic rings. The summed E-state index contributed by atoms with van der Waals surface area (Å²) in [5, 5.41) is 12.4. The minimum absolute atomic E-state index is 0.459. The van der Waals surface area contributed by atoms with Gasteiger partial charge in [-0.1, -0.05) is 44.9 Å². The number of nitrogens with one attached hydrogen (secondary N) is 1. The summed E-state index contributed by atoms with van der Waals surface area (Å²) in [4.78, 5) is 3.44. The van der Waals surface area contributed by atoms with Gasteiger partial charge in [-0.25, -0.2) is 0 Å². The van der Waals surface area contributed by atoms with Gasteiger partial charge in [0, 0.05) is 31.6 Å². The standard InChI is InChI=1S/C22H37N4OS/c1-5-15-27-16-14-24-18-21(25-23)11-8-19(7-3)20-9-12-22(13-10-20)26(4)28-17-6-2/h9-10,12-13,18-19,24H,5-8,11,14-17H2,1-4H3/q+1/b21-18-. The molecule has 1 atom stereocenters. The van der Waals surface area contributed by atoms with Crippen molar-refractivity contribution in [3.05, 3.63) is 46.7 Å². The summed E-state index contributed by atoms with van der Waals surface area (Å²) < 4.78 is 7.66. The third-order valence-electron chi connectivity index (χ3n) is 4.60. The van der Waals surface area contributed by atoms with Crippen LogP contribution in [-0.2, 0) is 4.74 Å². The Kier molecular flexibility index (Phi) is 13.2. The highest BCUT2D eigenvalue weighted by Gasteiger charge is 2.16. The summed E-state index contributed by atoms with van der Waals surface area (Å²) in [6.07, 6.45) is 6.77. The lowest BCUT2D eigenvalue weighted by Crippen LogP contribution is -2.14. The molecular formula is C22H37N4OS+. The zero-order chi connectivity index (χ0) is 20.6. The predicted octanol–water partition coefficient (Wildman–Crippen LogP) is 6.17. The summed E-state index contributed by atoms with van der Waals surface area (Å²) in [5.41, 5.74) is 3.26. The molecule has 6 heteroatoms. The third-order valence-corrected chi connectivity index (χ3v) is 5.78. The Bertz CT molecular complexity index is 598. The van der Waals surface area contributed by atoms with E-state index >= 15 is 0 Å². The molecule has 0 radical (unpaired) electrons. The van der Waals surface area contributed by atoms with Gasteiger partial charge >= 0.3 is 5.70 Å². The molecule has 0 aliphatic carbocycles. The highest BCUT2D eigenvalue weighted by molar-refractivity contribution is 8.00. The van der Waals surface area contributed by atoms with Crippen molar-refractivity contribution >= 4 is 17.6 Å². The van der Waals surface area contributed by atoms with Gasteiger partial charge in [-0.05, 0) is 49.3 Å². The van der Waals surface area contributed by atoms with Gasteiger partial charge in [-0.15, -0.1) is 0 Å². The molecule has 1 aromatic carbocycles. The normalized spacial score (nSPS) is 12.5. The molecule has 0 fully saturated rings. The number of anilines is 1. The number of nitrogens with zero attached hydrogens (tertiary/aromatic N) is 3. The molecule has 0 amide bonds. The van der Waals surface area contributed by atoms with Crippen molar-refractivity contribution in [2.24, 2.45) is 0 Å². The maximum Gasteiger partial charge on any atom is 0.377 e. The summed E-state index contributed by atoms with van der Waals surface area (Å²) in [7, 11) is 2.12. The largest absolute Gasteiger partial charge is 0.382 e. The van der Waals surface area contributed by atoms with Crippen molar-refractivity contribution in [3.63, 3.8) is 0 Å². The Labute approximate surface area is 175 Å². The van der Waals surface area contributed by atoms with E-state index in [1.807, 2.05) is 11.9 Å². The predicted molar refractivity (Wildman–Crippen MR) is 122 cm³/mol. The molecule has 5 nitrogen and oxygen atoms in total. The van der Waals surface area contributed by atoms with Crippen LogP contribution in [0.25, 0.3) is 4.98 Å². The Hall–Kier alpha value is -1.71. The fourth-order valence-corrected chi connectivity index (χ4v) is 3.63. The molecular weight excluding hydrogens is 368 g/mol. The Balaban J connectivity index is 2.52. The fourth-order valence-electron chi connectivity index (χ4n) is 2.91. The fraction of sp³-hybridized carbons (Fsp3) is 0.636. The highest BCUT2D eigenvalue weighted by Crippen LogP contribution is 2.29. The quantitative estimate of drug-likeness (QED) is 0.215. The lowest BCUT2D eigenvalue weighted by Gasteiger charge is -2.19. The molecule has 0 saturated heterocycles. The van der Waals surface area contributed by atoms with Crippen LogP contribution >= 0.6 is 11.9 Å². The highest BCUT2D eigenvalue weighted by atomic mass is 32.2. The van der Waals surface area contributed by atoms with E-state index in [2.05, 4.69) is 66.7 Å². The molecule has 1 rings (SSSR count). The second-order valence-corrected chi connectivity index (χ2v) is 8.08. The van der Waals surface area contributed by atoms with Crippen molar-refractivity contribution < 1.29 is 4.74 Å². The number of ether oxygens (including phenoxy) is 1. The van der Waals surface area contributed by atoms with E-state index in [9.17, 15) is 5.39 Å². The first-order chi connectivity index (χ1) is 13.7. The van der Waals surface area contributed by atoms with Gasteiger partial charge in [-0.3, -0.25) is 0 Å². The number of hydrogen-bond donors (Lipinski definition) is 1. The molecule has 0 saturated carbocycles. The first-order valence-corrected chi connectivity index (χ1v) is 11.4. The average Bonchev–Trinajstić information content (AvgIpc) is 2.73. The van der Waals surface area contributed by atoms with Gasteiger partial charge in [-0.2, -0.15) is 0 Å². The molecule has 28 heavy (non-hydrogen) atoms. The maximum atomic E-state index is 9.27. The van der Waals surface area contributed by atoms with Crippen LogP contribution in [0.3, 0.4) is 0 Å². The van der Waals surface area contributed by atoms with Crippen molar-refractivity contribution in [2.45, 2.75) is 58.8 Å². The minimum atomic E-state index is 0.459. The van der Waals surface area contributed by atoms with Gasteiger partial charge < -0.3 is 14.4 Å². The summed E-state index contributed by atoms with van der Waals surface area (Å²) >= 11 is 1.85. The van der Waals surface area contributed by atoms with Crippen LogP contribution in [0, 0.1) is 5.39 Å². The first kappa shape index (κ1) is 24.3. The molecule has 1 aromatic rings. The monoisotopic (exact) mass is 405 g/mol. The average molecular weight is 406 g/mol. The van der Waals surface area contributed by atoms with Gasteiger partial charge in [0.2, 0.25) is 5.39 Å². The van der Waals surface area contributed by atoms with Crippen LogP contribution in [-0.4, -0.2) is 32.6 Å². The molecule has 0 aromatic heterocycles. The number of diazo groups is 1. The van der Waals surface area contributed by atoms with E-state index in [0.29, 0.717) is 18.2 Å². The van der Waals surface area contributed by atoms with Gasteiger partial charge in [0.25, 0.3) is 0 Å². The van der Waals surface area contributed by atoms with E-state index in [0.717, 1.165) is 44.6 Å². The van der Waals surface area contributed by atoms with Gasteiger partial charge in [0.15, 0.2) is 4.98 Å². The second kappa shape index (κ2) is 15.2. The van der Waals surface area contributed by atoms with E-state index < -0.39 is 0 Å². The van der Waals surface area contributed by atoms with Crippen molar-refractivity contribution in [2.75, 3.05) is 36.9 Å². The Morgan fingerprint density at radius 3 is 2.57 bits per heavy atom. The lowest BCUT2D eigenvalue weighted by atomic mass is 9.91. The minimum Gasteiger partial charge on any atom is -0.382 e. The van der Waals surface area contributed by atoms with Gasteiger partial charge in [0.05, 0.1) is 19.2 Å². The molecule has 0 spiro atoms. The molecule has 0 heterocycles. The smallest absolute Gasteiger partial charge is 0.377 e. The molecule has 0 bridgehead atoms. The number of benzene rings is 1. The number of allylic oxidation sites excluding steroid dienone is 1. The first-order valence-electron chi connectivity index (χ1n) is 10.5. The van der Waals surface area contributed by atoms with Crippen molar-refractivity contribution in [1.29, 1.82) is 5.39 Å². The molecule has 1 N–H and O–H groups in total. The zero-order valence-corrected chi connectivity index (χ0v) is 18.8. The molecule has 156 valence electrons. The summed E-state index contributed by atoms with van der Waals surface area (Å²) in [6.45, 7) is 8.68. The lowest BCUT2D eigenvalue weighted by molar-refractivity contribution is 0.139. The topological polar surface area (TPSA) is 52.6 Å². The molecule has 1 unspecified atom stereocenters. The third kappa shape index (κ3) is 9.48. The van der Waals surface area contributed by atoms with Crippen LogP contribution in [0.2, 0.25) is 0 Å². The van der Waals surface area contributed by atoms with Crippen LogP contribution in [0.4, 0.5) is 5.69 Å². The number of rotatable bonds is 15. The molecule has 0 aliphatic heterocycles. The summed E-state index contributed by atoms with van der Waals surface area (Å²) in [5.74, 6) is 1.59. The maximum absolute atomic E-state index is 9.27.